The summed E-state index contributed by atoms with van der Waals surface area (Å²) >= 11 is 0. The third-order valence-corrected chi connectivity index (χ3v) is 8.33. The Labute approximate surface area is 244 Å². The van der Waals surface area contributed by atoms with Crippen LogP contribution in [0.25, 0.3) is 60.6 Å². The van der Waals surface area contributed by atoms with Crippen LogP contribution in [0.4, 0.5) is 5.69 Å². The first-order valence-electron chi connectivity index (χ1n) is 14.3. The molecule has 8 rings (SSSR count). The van der Waals surface area contributed by atoms with Crippen LogP contribution in [0.15, 0.2) is 143 Å². The summed E-state index contributed by atoms with van der Waals surface area (Å²) in [5, 5.41) is 4.71. The number of hydrogen-bond donors (Lipinski definition) is 0. The van der Waals surface area contributed by atoms with E-state index in [1.807, 2.05) is 18.2 Å². The molecule has 3 heteroatoms. The van der Waals surface area contributed by atoms with Gasteiger partial charge in [-0.25, -0.2) is 0 Å². The van der Waals surface area contributed by atoms with E-state index in [-0.39, 0.29) is 0 Å². The number of aliphatic imine (C=N–C) groups is 1. The Balaban J connectivity index is 1.35. The Morgan fingerprint density at radius 3 is 2.24 bits per heavy atom. The second kappa shape index (κ2) is 9.60. The maximum Gasteiger partial charge on any atom is 0.143 e. The molecular formula is C39H28N2O. The number of nitrogens with zero attached hydrogens (tertiary/aromatic N) is 2. The van der Waals surface area contributed by atoms with Crippen molar-refractivity contribution in [3.63, 3.8) is 0 Å². The van der Waals surface area contributed by atoms with Crippen LogP contribution in [0, 0.1) is 6.92 Å². The molecule has 0 saturated carbocycles. The van der Waals surface area contributed by atoms with E-state index in [1.165, 1.54) is 16.3 Å². The molecule has 0 aliphatic rings. The van der Waals surface area contributed by atoms with E-state index >= 15 is 0 Å². The van der Waals surface area contributed by atoms with Gasteiger partial charge in [0, 0.05) is 38.4 Å². The minimum absolute atomic E-state index is 0.914. The lowest BCUT2D eigenvalue weighted by atomic mass is 10.0. The Bertz CT molecular complexity index is 2330. The average molecular weight is 541 g/mol. The fourth-order valence-electron chi connectivity index (χ4n) is 6.28. The van der Waals surface area contributed by atoms with Crippen molar-refractivity contribution in [1.29, 1.82) is 0 Å². The predicted molar refractivity (Wildman–Crippen MR) is 177 cm³/mol. The molecule has 0 bridgehead atoms. The molecule has 0 saturated heterocycles. The zero-order valence-electron chi connectivity index (χ0n) is 23.5. The van der Waals surface area contributed by atoms with Gasteiger partial charge in [-0.3, -0.25) is 4.99 Å². The smallest absolute Gasteiger partial charge is 0.143 e. The molecule has 42 heavy (non-hydrogen) atoms. The second-order valence-electron chi connectivity index (χ2n) is 10.9. The predicted octanol–water partition coefficient (Wildman–Crippen LogP) is 10.8. The molecule has 0 radical (unpaired) electrons. The monoisotopic (exact) mass is 540 g/mol. The van der Waals surface area contributed by atoms with Crippen LogP contribution in [0.3, 0.4) is 0 Å². The SMILES string of the molecule is CC(=Nc1ccccc1C)c1ccccc1-n1c2ccccc2c2cc(-c3cccc4c3oc3ccccc34)ccc21. The third kappa shape index (κ3) is 3.78. The topological polar surface area (TPSA) is 30.4 Å². The maximum absolute atomic E-state index is 6.39. The molecule has 8 aromatic rings. The first-order chi connectivity index (χ1) is 20.7. The molecule has 0 aliphatic heterocycles. The summed E-state index contributed by atoms with van der Waals surface area (Å²) in [6, 6.07) is 47.0. The van der Waals surface area contributed by atoms with Gasteiger partial charge >= 0.3 is 0 Å². The largest absolute Gasteiger partial charge is 0.455 e. The lowest BCUT2D eigenvalue weighted by Gasteiger charge is -2.14. The number of furan rings is 1. The van der Waals surface area contributed by atoms with E-state index < -0.39 is 0 Å². The number of para-hydroxylation sites is 5. The fraction of sp³-hybridized carbons (Fsp3) is 0.0513. The van der Waals surface area contributed by atoms with E-state index in [0.717, 1.165) is 66.8 Å². The van der Waals surface area contributed by atoms with Crippen molar-refractivity contribution in [2.45, 2.75) is 13.8 Å². The summed E-state index contributed by atoms with van der Waals surface area (Å²) in [6.45, 7) is 4.21. The minimum Gasteiger partial charge on any atom is -0.455 e. The highest BCUT2D eigenvalue weighted by molar-refractivity contribution is 6.14. The normalized spacial score (nSPS) is 12.2. The number of benzene rings is 6. The van der Waals surface area contributed by atoms with Crippen LogP contribution in [0.2, 0.25) is 0 Å². The van der Waals surface area contributed by atoms with E-state index in [0.29, 0.717) is 0 Å². The quantitative estimate of drug-likeness (QED) is 0.204. The summed E-state index contributed by atoms with van der Waals surface area (Å²) in [4.78, 5) is 5.05. The molecule has 2 heterocycles. The highest BCUT2D eigenvalue weighted by atomic mass is 16.3. The maximum atomic E-state index is 6.39. The van der Waals surface area contributed by atoms with Crippen molar-refractivity contribution in [2.75, 3.05) is 0 Å². The average Bonchev–Trinajstić information content (AvgIpc) is 3.58. The lowest BCUT2D eigenvalue weighted by Crippen LogP contribution is -2.04. The minimum atomic E-state index is 0.914. The first-order valence-corrected chi connectivity index (χ1v) is 14.3. The Kier molecular flexibility index (Phi) is 5.58. The Hall–Kier alpha value is -5.41. The van der Waals surface area contributed by atoms with E-state index in [1.54, 1.807) is 0 Å². The van der Waals surface area contributed by atoms with Crippen LogP contribution in [0.5, 0.6) is 0 Å². The number of fused-ring (bicyclic) bond motifs is 6. The molecule has 3 nitrogen and oxygen atoms in total. The summed E-state index contributed by atoms with van der Waals surface area (Å²) in [7, 11) is 0. The van der Waals surface area contributed by atoms with Gasteiger partial charge in [0.2, 0.25) is 0 Å². The van der Waals surface area contributed by atoms with Gasteiger partial charge < -0.3 is 8.98 Å². The summed E-state index contributed by atoms with van der Waals surface area (Å²) in [5.74, 6) is 0. The second-order valence-corrected chi connectivity index (χ2v) is 10.9. The highest BCUT2D eigenvalue weighted by Crippen LogP contribution is 2.39. The summed E-state index contributed by atoms with van der Waals surface area (Å²) < 4.78 is 8.77. The van der Waals surface area contributed by atoms with Gasteiger partial charge in [0.25, 0.3) is 0 Å². The van der Waals surface area contributed by atoms with E-state index in [2.05, 4.69) is 134 Å². The Morgan fingerprint density at radius 1 is 0.619 bits per heavy atom. The number of aryl methyl sites for hydroxylation is 1. The molecule has 0 unspecified atom stereocenters. The van der Waals surface area contributed by atoms with Crippen LogP contribution in [-0.2, 0) is 0 Å². The fourth-order valence-corrected chi connectivity index (χ4v) is 6.28. The van der Waals surface area contributed by atoms with Crippen molar-refractivity contribution in [2.24, 2.45) is 4.99 Å². The molecule has 2 aromatic heterocycles. The zero-order chi connectivity index (χ0) is 28.2. The first kappa shape index (κ1) is 24.4. The molecule has 0 spiro atoms. The van der Waals surface area contributed by atoms with Gasteiger partial charge in [-0.2, -0.15) is 0 Å². The molecular weight excluding hydrogens is 512 g/mol. The molecule has 0 amide bonds. The molecule has 0 atom stereocenters. The van der Waals surface area contributed by atoms with Gasteiger partial charge in [0.15, 0.2) is 0 Å². The molecule has 0 aliphatic carbocycles. The molecule has 6 aromatic carbocycles. The lowest BCUT2D eigenvalue weighted by molar-refractivity contribution is 0.670. The third-order valence-electron chi connectivity index (χ3n) is 8.33. The van der Waals surface area contributed by atoms with Crippen molar-refractivity contribution >= 4 is 55.1 Å². The zero-order valence-corrected chi connectivity index (χ0v) is 23.5. The summed E-state index contributed by atoms with van der Waals surface area (Å²) in [5.41, 5.74) is 11.8. The van der Waals surface area contributed by atoms with Crippen LogP contribution in [0.1, 0.15) is 18.1 Å². The standard InChI is InChI=1S/C39H28N2O/c1-25-12-3-7-18-34(25)40-26(2)28-13-4-8-19-35(28)41-36-20-9-5-14-30(36)33-24-27(22-23-37(33)41)29-16-11-17-32-31-15-6-10-21-38(31)42-39(29)32/h3-24H,1-2H3. The van der Waals surface area contributed by atoms with Gasteiger partial charge in [-0.05, 0) is 61.4 Å². The van der Waals surface area contributed by atoms with Gasteiger partial charge in [0.05, 0.1) is 22.4 Å². The Morgan fingerprint density at radius 2 is 1.33 bits per heavy atom. The number of hydrogen-bond acceptors (Lipinski definition) is 2. The number of rotatable bonds is 4. The molecule has 0 N–H and O–H groups in total. The van der Waals surface area contributed by atoms with Crippen molar-refractivity contribution in [1.82, 2.24) is 4.57 Å². The van der Waals surface area contributed by atoms with Crippen LogP contribution in [-0.4, -0.2) is 10.3 Å². The molecule has 0 fully saturated rings. The number of aromatic nitrogens is 1. The van der Waals surface area contributed by atoms with Crippen LogP contribution >= 0.6 is 0 Å². The van der Waals surface area contributed by atoms with Gasteiger partial charge in [-0.15, -0.1) is 0 Å². The van der Waals surface area contributed by atoms with Gasteiger partial charge in [0.1, 0.15) is 11.2 Å². The molecule has 200 valence electrons. The van der Waals surface area contributed by atoms with E-state index in [9.17, 15) is 0 Å². The van der Waals surface area contributed by atoms with Crippen LogP contribution < -0.4 is 0 Å². The van der Waals surface area contributed by atoms with Crippen molar-refractivity contribution in [3.05, 3.63) is 145 Å². The van der Waals surface area contributed by atoms with E-state index in [4.69, 9.17) is 9.41 Å². The summed E-state index contributed by atoms with van der Waals surface area (Å²) in [6.07, 6.45) is 0. The highest BCUT2D eigenvalue weighted by Gasteiger charge is 2.18. The van der Waals surface area contributed by atoms with Gasteiger partial charge in [-0.1, -0.05) is 97.1 Å². The van der Waals surface area contributed by atoms with Crippen molar-refractivity contribution < 1.29 is 4.42 Å². The van der Waals surface area contributed by atoms with Crippen molar-refractivity contribution in [3.8, 4) is 16.8 Å².